The molecular weight excluding hydrogens is 483 g/mol. The average Bonchev–Trinajstić information content (AvgIpc) is 3.45. The molecule has 1 amide bonds. The smallest absolute Gasteiger partial charge is 0.410 e. The maximum absolute atomic E-state index is 12.2. The summed E-state index contributed by atoms with van der Waals surface area (Å²) in [5, 5.41) is 3.37. The van der Waals surface area contributed by atoms with Gasteiger partial charge in [-0.3, -0.25) is 4.99 Å². The van der Waals surface area contributed by atoms with Crippen LogP contribution >= 0.6 is 24.0 Å². The Hall–Kier alpha value is -0.770. The molecule has 1 aliphatic carbocycles. The lowest BCUT2D eigenvalue weighted by atomic mass is 9.97. The summed E-state index contributed by atoms with van der Waals surface area (Å²) in [7, 11) is 2.06. The molecule has 2 aliphatic rings. The summed E-state index contributed by atoms with van der Waals surface area (Å²) in [6, 6.07) is 0. The van der Waals surface area contributed by atoms with Crippen LogP contribution in [0.5, 0.6) is 0 Å². The summed E-state index contributed by atoms with van der Waals surface area (Å²) in [4.78, 5) is 21.0. The van der Waals surface area contributed by atoms with E-state index in [0.29, 0.717) is 5.92 Å². The number of guanidine groups is 1. The number of likely N-dealkylation sites (N-methyl/N-ethyl adjacent to an activating group) is 1. The normalized spacial score (nSPS) is 18.2. The SMILES string of the molecule is CCNC(=NCC1CCN(C(=O)OC(C)(C)C)CC1)N(C)CCOCC1CC1.I. The van der Waals surface area contributed by atoms with Gasteiger partial charge < -0.3 is 24.6 Å². The Morgan fingerprint density at radius 1 is 1.17 bits per heavy atom. The molecule has 29 heavy (non-hydrogen) atoms. The largest absolute Gasteiger partial charge is 0.444 e. The Bertz CT molecular complexity index is 513. The summed E-state index contributed by atoms with van der Waals surface area (Å²) in [5.74, 6) is 2.25. The monoisotopic (exact) mass is 524 g/mol. The Kier molecular flexibility index (Phi) is 11.6. The lowest BCUT2D eigenvalue weighted by Crippen LogP contribution is -2.43. The van der Waals surface area contributed by atoms with Crippen molar-refractivity contribution in [3.63, 3.8) is 0 Å². The molecule has 0 aromatic heterocycles. The Balaban J connectivity index is 0.00000420. The van der Waals surface area contributed by atoms with Gasteiger partial charge in [0.2, 0.25) is 0 Å². The van der Waals surface area contributed by atoms with E-state index in [-0.39, 0.29) is 30.1 Å². The fourth-order valence-corrected chi connectivity index (χ4v) is 3.15. The standard InChI is InChI=1S/C21H40N4O3.HI/c1-6-22-19(24(5)13-14-27-16-18-7-8-18)23-15-17-9-11-25(12-10-17)20(26)28-21(2,3)4;/h17-18H,6-16H2,1-5H3,(H,22,23);1H. The van der Waals surface area contributed by atoms with Gasteiger partial charge in [-0.25, -0.2) is 4.79 Å². The van der Waals surface area contributed by atoms with Gasteiger partial charge in [-0.2, -0.15) is 0 Å². The van der Waals surface area contributed by atoms with Crippen LogP contribution in [0.25, 0.3) is 0 Å². The lowest BCUT2D eigenvalue weighted by Gasteiger charge is -2.33. The van der Waals surface area contributed by atoms with E-state index < -0.39 is 5.60 Å². The summed E-state index contributed by atoms with van der Waals surface area (Å²) in [6.45, 7) is 13.4. The number of nitrogens with zero attached hydrogens (tertiary/aromatic N) is 3. The predicted octanol–water partition coefficient (Wildman–Crippen LogP) is 3.58. The highest BCUT2D eigenvalue weighted by atomic mass is 127. The Morgan fingerprint density at radius 3 is 2.38 bits per heavy atom. The van der Waals surface area contributed by atoms with Gasteiger partial charge in [-0.05, 0) is 65.2 Å². The third-order valence-corrected chi connectivity index (χ3v) is 5.08. The average molecular weight is 524 g/mol. The minimum absolute atomic E-state index is 0. The van der Waals surface area contributed by atoms with Crippen LogP contribution in [-0.4, -0.2) is 80.4 Å². The Labute approximate surface area is 194 Å². The van der Waals surface area contributed by atoms with Crippen LogP contribution in [0.3, 0.4) is 0 Å². The third-order valence-electron chi connectivity index (χ3n) is 5.08. The number of carbonyl (C=O) groups excluding carboxylic acids is 1. The number of piperidine rings is 1. The Morgan fingerprint density at radius 2 is 1.83 bits per heavy atom. The summed E-state index contributed by atoms with van der Waals surface area (Å²) in [5.41, 5.74) is -0.439. The van der Waals surface area contributed by atoms with Gasteiger partial charge in [0.1, 0.15) is 5.60 Å². The highest BCUT2D eigenvalue weighted by Gasteiger charge is 2.27. The minimum Gasteiger partial charge on any atom is -0.444 e. The number of nitrogens with one attached hydrogen (secondary N) is 1. The number of rotatable bonds is 8. The molecule has 2 rings (SSSR count). The molecule has 0 bridgehead atoms. The van der Waals surface area contributed by atoms with E-state index in [0.717, 1.165) is 70.7 Å². The summed E-state index contributed by atoms with van der Waals surface area (Å²) >= 11 is 0. The van der Waals surface area contributed by atoms with E-state index in [1.807, 2.05) is 25.7 Å². The van der Waals surface area contributed by atoms with E-state index in [4.69, 9.17) is 14.5 Å². The van der Waals surface area contributed by atoms with E-state index in [1.165, 1.54) is 12.8 Å². The second-order valence-electron chi connectivity index (χ2n) is 9.05. The van der Waals surface area contributed by atoms with E-state index in [2.05, 4.69) is 24.2 Å². The molecule has 0 aromatic rings. The molecule has 1 N–H and O–H groups in total. The highest BCUT2D eigenvalue weighted by Crippen LogP contribution is 2.28. The number of amides is 1. The number of ether oxygens (including phenoxy) is 2. The fourth-order valence-electron chi connectivity index (χ4n) is 3.15. The molecule has 1 saturated heterocycles. The van der Waals surface area contributed by atoms with Crippen molar-refractivity contribution in [1.29, 1.82) is 0 Å². The number of likely N-dealkylation sites (tertiary alicyclic amines) is 1. The molecule has 1 heterocycles. The molecule has 0 radical (unpaired) electrons. The van der Waals surface area contributed by atoms with Crippen LogP contribution in [0.1, 0.15) is 53.4 Å². The van der Waals surface area contributed by atoms with Crippen molar-refractivity contribution in [2.24, 2.45) is 16.8 Å². The van der Waals surface area contributed by atoms with Crippen LogP contribution in [-0.2, 0) is 9.47 Å². The summed E-state index contributed by atoms with van der Waals surface area (Å²) in [6.07, 6.45) is 4.39. The predicted molar refractivity (Wildman–Crippen MR) is 128 cm³/mol. The molecule has 0 aromatic carbocycles. The minimum atomic E-state index is -0.439. The van der Waals surface area contributed by atoms with Crippen molar-refractivity contribution >= 4 is 36.0 Å². The van der Waals surface area contributed by atoms with Crippen molar-refractivity contribution in [1.82, 2.24) is 15.1 Å². The van der Waals surface area contributed by atoms with E-state index in [9.17, 15) is 4.79 Å². The molecule has 1 aliphatic heterocycles. The molecule has 1 saturated carbocycles. The second-order valence-corrected chi connectivity index (χ2v) is 9.05. The van der Waals surface area contributed by atoms with Crippen molar-refractivity contribution < 1.29 is 14.3 Å². The lowest BCUT2D eigenvalue weighted by molar-refractivity contribution is 0.0187. The molecule has 0 atom stereocenters. The van der Waals surface area contributed by atoms with Crippen LogP contribution in [0.4, 0.5) is 4.79 Å². The molecule has 0 spiro atoms. The molecule has 0 unspecified atom stereocenters. The van der Waals surface area contributed by atoms with Gasteiger partial charge in [-0.1, -0.05) is 0 Å². The zero-order valence-corrected chi connectivity index (χ0v) is 21.2. The van der Waals surface area contributed by atoms with Crippen molar-refractivity contribution in [2.45, 2.75) is 59.0 Å². The number of halogens is 1. The number of aliphatic imine (C=N–C) groups is 1. The van der Waals surface area contributed by atoms with Crippen molar-refractivity contribution in [3.8, 4) is 0 Å². The van der Waals surface area contributed by atoms with Gasteiger partial charge in [0.25, 0.3) is 0 Å². The van der Waals surface area contributed by atoms with Gasteiger partial charge in [-0.15, -0.1) is 24.0 Å². The first-order valence-electron chi connectivity index (χ1n) is 10.8. The van der Waals surface area contributed by atoms with Gasteiger partial charge >= 0.3 is 6.09 Å². The van der Waals surface area contributed by atoms with Crippen molar-refractivity contribution in [2.75, 3.05) is 53.0 Å². The first-order valence-corrected chi connectivity index (χ1v) is 10.8. The number of hydrogen-bond acceptors (Lipinski definition) is 4. The van der Waals surface area contributed by atoms with Crippen molar-refractivity contribution in [3.05, 3.63) is 0 Å². The zero-order chi connectivity index (χ0) is 20.6. The van der Waals surface area contributed by atoms with E-state index in [1.54, 1.807) is 0 Å². The number of hydrogen-bond donors (Lipinski definition) is 1. The second kappa shape index (κ2) is 12.8. The maximum Gasteiger partial charge on any atom is 0.410 e. The van der Waals surface area contributed by atoms with Gasteiger partial charge in [0.05, 0.1) is 6.61 Å². The van der Waals surface area contributed by atoms with Crippen LogP contribution in [0, 0.1) is 11.8 Å². The van der Waals surface area contributed by atoms with Gasteiger partial charge in [0, 0.05) is 46.4 Å². The summed E-state index contributed by atoms with van der Waals surface area (Å²) < 4.78 is 11.2. The molecule has 170 valence electrons. The molecule has 7 nitrogen and oxygen atoms in total. The first kappa shape index (κ1) is 26.3. The maximum atomic E-state index is 12.2. The van der Waals surface area contributed by atoms with Gasteiger partial charge in [0.15, 0.2) is 5.96 Å². The first-order chi connectivity index (χ1) is 13.3. The topological polar surface area (TPSA) is 66.4 Å². The molecule has 2 fully saturated rings. The fraction of sp³-hybridized carbons (Fsp3) is 0.905. The third kappa shape index (κ3) is 10.7. The molecular formula is C21H41IN4O3. The quantitative estimate of drug-likeness (QED) is 0.228. The van der Waals surface area contributed by atoms with Crippen LogP contribution in [0.15, 0.2) is 4.99 Å². The van der Waals surface area contributed by atoms with E-state index >= 15 is 0 Å². The highest BCUT2D eigenvalue weighted by molar-refractivity contribution is 14.0. The van der Waals surface area contributed by atoms with Crippen LogP contribution < -0.4 is 5.32 Å². The zero-order valence-electron chi connectivity index (χ0n) is 18.9. The number of carbonyl (C=O) groups is 1. The molecule has 8 heteroatoms. The van der Waals surface area contributed by atoms with Crippen LogP contribution in [0.2, 0.25) is 0 Å².